The minimum absolute atomic E-state index is 0.231. The summed E-state index contributed by atoms with van der Waals surface area (Å²) in [7, 11) is -3.59. The lowest BCUT2D eigenvalue weighted by Gasteiger charge is -2.15. The molecule has 4 rings (SSSR count). The predicted molar refractivity (Wildman–Crippen MR) is 96.2 cm³/mol. The van der Waals surface area contributed by atoms with Crippen LogP contribution in [0.15, 0.2) is 66.0 Å². The molecule has 0 amide bonds. The van der Waals surface area contributed by atoms with Crippen LogP contribution >= 0.6 is 0 Å². The minimum atomic E-state index is -3.59. The molecule has 1 aliphatic heterocycles. The van der Waals surface area contributed by atoms with Gasteiger partial charge in [0.25, 0.3) is 0 Å². The molecule has 0 radical (unpaired) electrons. The van der Waals surface area contributed by atoms with E-state index in [1.807, 2.05) is 31.2 Å². The lowest BCUT2D eigenvalue weighted by atomic mass is 10.2. The molecule has 0 saturated heterocycles. The number of nitrogens with zero attached hydrogens (tertiary/aromatic N) is 3. The van der Waals surface area contributed by atoms with Gasteiger partial charge in [0.1, 0.15) is 17.8 Å². The van der Waals surface area contributed by atoms with Crippen molar-refractivity contribution in [2.45, 2.75) is 24.9 Å². The molecule has 0 spiro atoms. The molecule has 0 aliphatic carbocycles. The van der Waals surface area contributed by atoms with Crippen molar-refractivity contribution in [1.82, 2.24) is 14.3 Å². The zero-order valence-electron chi connectivity index (χ0n) is 14.2. The van der Waals surface area contributed by atoms with Crippen LogP contribution in [0.5, 0.6) is 11.5 Å². The first-order chi connectivity index (χ1) is 12.5. The fourth-order valence-corrected chi connectivity index (χ4v) is 4.26. The summed E-state index contributed by atoms with van der Waals surface area (Å²) < 4.78 is 32.9. The summed E-state index contributed by atoms with van der Waals surface area (Å²) in [5.74, 6) is 1.30. The number of fused-ring (bicyclic) bond motifs is 1. The SMILES string of the molecule is Cc1cccc(Oc2ccc(S(=O)(=O)N3Cc4cncnc4C3)cc2)c1. The third-order valence-electron chi connectivity index (χ3n) is 4.24. The Bertz CT molecular complexity index is 1020. The van der Waals surface area contributed by atoms with Gasteiger partial charge in [0.2, 0.25) is 10.0 Å². The maximum absolute atomic E-state index is 12.9. The van der Waals surface area contributed by atoms with Crippen molar-refractivity contribution in [3.63, 3.8) is 0 Å². The number of rotatable bonds is 4. The Kier molecular flexibility index (Phi) is 4.18. The molecule has 1 aliphatic rings. The van der Waals surface area contributed by atoms with Crippen LogP contribution in [0.3, 0.4) is 0 Å². The molecule has 0 N–H and O–H groups in total. The second-order valence-corrected chi connectivity index (χ2v) is 8.10. The number of ether oxygens (including phenoxy) is 1. The van der Waals surface area contributed by atoms with Crippen molar-refractivity contribution in [1.29, 1.82) is 0 Å². The monoisotopic (exact) mass is 367 g/mol. The average Bonchev–Trinajstić information content (AvgIpc) is 3.07. The first-order valence-electron chi connectivity index (χ1n) is 8.15. The third-order valence-corrected chi connectivity index (χ3v) is 6.05. The molecule has 3 aromatic rings. The topological polar surface area (TPSA) is 72.4 Å². The van der Waals surface area contributed by atoms with Crippen molar-refractivity contribution in [2.75, 3.05) is 0 Å². The van der Waals surface area contributed by atoms with E-state index in [-0.39, 0.29) is 11.4 Å². The van der Waals surface area contributed by atoms with Crippen LogP contribution in [-0.2, 0) is 23.1 Å². The molecule has 0 atom stereocenters. The van der Waals surface area contributed by atoms with Gasteiger partial charge in [0.15, 0.2) is 0 Å². The van der Waals surface area contributed by atoms with Gasteiger partial charge in [0, 0.05) is 18.3 Å². The molecule has 0 unspecified atom stereocenters. The van der Waals surface area contributed by atoms with Gasteiger partial charge in [-0.25, -0.2) is 18.4 Å². The maximum atomic E-state index is 12.9. The maximum Gasteiger partial charge on any atom is 0.243 e. The van der Waals surface area contributed by atoms with Crippen LogP contribution in [-0.4, -0.2) is 22.7 Å². The highest BCUT2D eigenvalue weighted by atomic mass is 32.2. The highest BCUT2D eigenvalue weighted by molar-refractivity contribution is 7.89. The molecule has 0 bridgehead atoms. The molecule has 0 saturated carbocycles. The minimum Gasteiger partial charge on any atom is -0.457 e. The molecule has 0 fully saturated rings. The lowest BCUT2D eigenvalue weighted by Crippen LogP contribution is -2.25. The summed E-state index contributed by atoms with van der Waals surface area (Å²) in [6, 6.07) is 14.1. The van der Waals surface area contributed by atoms with E-state index in [0.29, 0.717) is 18.0 Å². The Balaban J connectivity index is 1.53. The number of aromatic nitrogens is 2. The van der Waals surface area contributed by atoms with E-state index in [2.05, 4.69) is 9.97 Å². The summed E-state index contributed by atoms with van der Waals surface area (Å²) in [6.45, 7) is 2.54. The number of hydrogen-bond donors (Lipinski definition) is 0. The highest BCUT2D eigenvalue weighted by Gasteiger charge is 2.31. The van der Waals surface area contributed by atoms with Gasteiger partial charge in [-0.1, -0.05) is 12.1 Å². The second kappa shape index (κ2) is 6.51. The summed E-state index contributed by atoms with van der Waals surface area (Å²) in [5.41, 5.74) is 2.69. The Labute approximate surface area is 152 Å². The summed E-state index contributed by atoms with van der Waals surface area (Å²) in [6.07, 6.45) is 3.10. The first kappa shape index (κ1) is 16.7. The smallest absolute Gasteiger partial charge is 0.243 e. The molecule has 1 aromatic heterocycles. The molecular weight excluding hydrogens is 350 g/mol. The van der Waals surface area contributed by atoms with Crippen LogP contribution in [0.1, 0.15) is 16.8 Å². The molecule has 7 heteroatoms. The molecule has 6 nitrogen and oxygen atoms in total. The largest absolute Gasteiger partial charge is 0.457 e. The Morgan fingerprint density at radius 3 is 2.58 bits per heavy atom. The van der Waals surface area contributed by atoms with E-state index < -0.39 is 10.0 Å². The fraction of sp³-hybridized carbons (Fsp3) is 0.158. The molecule has 2 aromatic carbocycles. The van der Waals surface area contributed by atoms with Crippen molar-refractivity contribution < 1.29 is 13.2 Å². The number of hydrogen-bond acceptors (Lipinski definition) is 5. The van der Waals surface area contributed by atoms with Gasteiger partial charge < -0.3 is 4.74 Å². The normalized spacial score (nSPS) is 14.2. The van der Waals surface area contributed by atoms with Gasteiger partial charge in [-0.15, -0.1) is 0 Å². The molecule has 132 valence electrons. The highest BCUT2D eigenvalue weighted by Crippen LogP contribution is 2.29. The van der Waals surface area contributed by atoms with E-state index in [9.17, 15) is 8.42 Å². The Hall–Kier alpha value is -2.77. The van der Waals surface area contributed by atoms with Crippen LogP contribution < -0.4 is 4.74 Å². The van der Waals surface area contributed by atoms with Gasteiger partial charge in [-0.2, -0.15) is 4.31 Å². The Morgan fingerprint density at radius 1 is 1.04 bits per heavy atom. The van der Waals surface area contributed by atoms with Crippen LogP contribution in [0.2, 0.25) is 0 Å². The van der Waals surface area contributed by atoms with Gasteiger partial charge in [-0.3, -0.25) is 0 Å². The van der Waals surface area contributed by atoms with Crippen LogP contribution in [0.4, 0.5) is 0 Å². The standard InChI is InChI=1S/C19H17N3O3S/c1-14-3-2-4-17(9-14)25-16-5-7-18(8-6-16)26(23,24)22-11-15-10-20-13-21-19(15)12-22/h2-10,13H,11-12H2,1H3. The van der Waals surface area contributed by atoms with Crippen LogP contribution in [0.25, 0.3) is 0 Å². The summed E-state index contributed by atoms with van der Waals surface area (Å²) >= 11 is 0. The van der Waals surface area contributed by atoms with Crippen molar-refractivity contribution in [2.24, 2.45) is 0 Å². The van der Waals surface area contributed by atoms with Crippen LogP contribution in [0, 0.1) is 6.92 Å². The quantitative estimate of drug-likeness (QED) is 0.708. The summed E-state index contributed by atoms with van der Waals surface area (Å²) in [5, 5.41) is 0. The van der Waals surface area contributed by atoms with Gasteiger partial charge in [0.05, 0.1) is 17.1 Å². The first-order valence-corrected chi connectivity index (χ1v) is 9.59. The molecule has 2 heterocycles. The third kappa shape index (κ3) is 3.18. The number of benzene rings is 2. The summed E-state index contributed by atoms with van der Waals surface area (Å²) in [4.78, 5) is 8.33. The zero-order chi connectivity index (χ0) is 18.1. The van der Waals surface area contributed by atoms with Crippen molar-refractivity contribution in [3.8, 4) is 11.5 Å². The van der Waals surface area contributed by atoms with Gasteiger partial charge >= 0.3 is 0 Å². The second-order valence-electron chi connectivity index (χ2n) is 6.16. The lowest BCUT2D eigenvalue weighted by molar-refractivity contribution is 0.429. The van der Waals surface area contributed by atoms with Crippen molar-refractivity contribution in [3.05, 3.63) is 77.9 Å². The van der Waals surface area contributed by atoms with E-state index in [4.69, 9.17) is 4.74 Å². The van der Waals surface area contributed by atoms with E-state index in [0.717, 1.165) is 16.8 Å². The zero-order valence-corrected chi connectivity index (χ0v) is 15.0. The van der Waals surface area contributed by atoms with Gasteiger partial charge in [-0.05, 0) is 48.9 Å². The average molecular weight is 367 g/mol. The van der Waals surface area contributed by atoms with E-state index in [1.165, 1.54) is 10.6 Å². The number of sulfonamides is 1. The molecular formula is C19H17N3O3S. The van der Waals surface area contributed by atoms with E-state index in [1.54, 1.807) is 30.5 Å². The van der Waals surface area contributed by atoms with Crippen molar-refractivity contribution >= 4 is 10.0 Å². The number of aryl methyl sites for hydroxylation is 1. The fourth-order valence-electron chi connectivity index (χ4n) is 2.88. The molecule has 26 heavy (non-hydrogen) atoms. The predicted octanol–water partition coefficient (Wildman–Crippen LogP) is 3.28. The Morgan fingerprint density at radius 2 is 1.85 bits per heavy atom. The van der Waals surface area contributed by atoms with E-state index >= 15 is 0 Å².